The summed E-state index contributed by atoms with van der Waals surface area (Å²) in [6.45, 7) is 4.38. The molecule has 170 valence electrons. The fraction of sp³-hybridized carbons (Fsp3) is 0.429. The Morgan fingerprint density at radius 3 is 2.78 bits per heavy atom. The molecule has 1 aliphatic rings. The number of piperidine rings is 1. The average Bonchev–Trinajstić information content (AvgIpc) is 3.22. The molecule has 0 bridgehead atoms. The number of carbonyl (C=O) groups excluding carboxylic acids is 1. The van der Waals surface area contributed by atoms with Crippen molar-refractivity contribution in [2.24, 2.45) is 0 Å². The molecule has 1 saturated heterocycles. The number of aromatic nitrogens is 3. The lowest BCUT2D eigenvalue weighted by Crippen LogP contribution is -2.29. The number of anilines is 2. The van der Waals surface area contributed by atoms with Crippen molar-refractivity contribution in [3.05, 3.63) is 39.4 Å². The number of nitrogens with one attached hydrogen (secondary N) is 1. The van der Waals surface area contributed by atoms with Crippen molar-refractivity contribution in [1.82, 2.24) is 14.5 Å². The highest BCUT2D eigenvalue weighted by Crippen LogP contribution is 2.29. The van der Waals surface area contributed by atoms with Crippen molar-refractivity contribution in [2.75, 3.05) is 29.1 Å². The van der Waals surface area contributed by atoms with Crippen LogP contribution < -0.4 is 15.8 Å². The molecule has 32 heavy (non-hydrogen) atoms. The standard InChI is InChI=1S/C21H23ClFN5O2S2/c1-2-8-28-19(30)17-18(25-20(32-17)27-9-4-3-5-10-27)26-21(28)31-12-16(29)24-13-6-7-15(23)14(22)11-13/h6-7,11H,2-5,8-10,12H2,1H3,(H,24,29). The first-order chi connectivity index (χ1) is 15.5. The van der Waals surface area contributed by atoms with E-state index in [1.54, 1.807) is 4.57 Å². The van der Waals surface area contributed by atoms with Crippen LogP contribution in [-0.4, -0.2) is 39.3 Å². The van der Waals surface area contributed by atoms with Crippen molar-refractivity contribution in [3.63, 3.8) is 0 Å². The van der Waals surface area contributed by atoms with E-state index >= 15 is 0 Å². The molecule has 2 aromatic heterocycles. The predicted molar refractivity (Wildman–Crippen MR) is 129 cm³/mol. The van der Waals surface area contributed by atoms with E-state index < -0.39 is 5.82 Å². The SMILES string of the molecule is CCCn1c(SCC(=O)Nc2ccc(F)c(Cl)c2)nc2nc(N3CCCCC3)sc2c1=O. The first-order valence-corrected chi connectivity index (χ1v) is 12.7. The summed E-state index contributed by atoms with van der Waals surface area (Å²) in [6.07, 6.45) is 4.23. The normalized spacial score (nSPS) is 14.2. The third kappa shape index (κ3) is 5.07. The predicted octanol–water partition coefficient (Wildman–Crippen LogP) is 4.78. The molecule has 1 aliphatic heterocycles. The third-order valence-electron chi connectivity index (χ3n) is 5.08. The number of nitrogens with zero attached hydrogens (tertiary/aromatic N) is 4. The smallest absolute Gasteiger partial charge is 0.273 e. The van der Waals surface area contributed by atoms with E-state index in [1.165, 1.54) is 47.7 Å². The highest BCUT2D eigenvalue weighted by Gasteiger charge is 2.20. The number of amides is 1. The van der Waals surface area contributed by atoms with Crippen LogP contribution in [0.15, 0.2) is 28.2 Å². The second-order valence-corrected chi connectivity index (χ2v) is 9.84. The van der Waals surface area contributed by atoms with E-state index in [4.69, 9.17) is 11.6 Å². The summed E-state index contributed by atoms with van der Waals surface area (Å²) in [4.78, 5) is 37.0. The van der Waals surface area contributed by atoms with Gasteiger partial charge in [-0.3, -0.25) is 14.2 Å². The van der Waals surface area contributed by atoms with Crippen LogP contribution in [0.25, 0.3) is 10.3 Å². The van der Waals surface area contributed by atoms with Gasteiger partial charge in [-0.05, 0) is 43.9 Å². The number of fused-ring (bicyclic) bond motifs is 1. The Balaban J connectivity index is 1.54. The van der Waals surface area contributed by atoms with Crippen molar-refractivity contribution in [3.8, 4) is 0 Å². The Labute approximate surface area is 198 Å². The van der Waals surface area contributed by atoms with Crippen LogP contribution in [-0.2, 0) is 11.3 Å². The Hall–Kier alpha value is -2.17. The molecule has 1 fully saturated rings. The summed E-state index contributed by atoms with van der Waals surface area (Å²) >= 11 is 8.34. The fourth-order valence-corrected chi connectivity index (χ4v) is 5.53. The summed E-state index contributed by atoms with van der Waals surface area (Å²) in [5.74, 6) is -0.811. The van der Waals surface area contributed by atoms with E-state index in [1.807, 2.05) is 6.92 Å². The molecule has 0 unspecified atom stereocenters. The summed E-state index contributed by atoms with van der Waals surface area (Å²) in [5.41, 5.74) is 0.717. The van der Waals surface area contributed by atoms with Gasteiger partial charge in [-0.2, -0.15) is 4.98 Å². The number of thiazole rings is 1. The number of rotatable bonds is 7. The van der Waals surface area contributed by atoms with Crippen LogP contribution in [0.4, 0.5) is 15.2 Å². The molecule has 0 spiro atoms. The van der Waals surface area contributed by atoms with Gasteiger partial charge in [0.15, 0.2) is 15.9 Å². The minimum Gasteiger partial charge on any atom is -0.348 e. The number of hydrogen-bond donors (Lipinski definition) is 1. The van der Waals surface area contributed by atoms with Crippen molar-refractivity contribution in [2.45, 2.75) is 44.3 Å². The van der Waals surface area contributed by atoms with Crippen molar-refractivity contribution < 1.29 is 9.18 Å². The maximum Gasteiger partial charge on any atom is 0.273 e. The molecule has 1 N–H and O–H groups in total. The van der Waals surface area contributed by atoms with Crippen LogP contribution in [0.2, 0.25) is 5.02 Å². The summed E-state index contributed by atoms with van der Waals surface area (Å²) in [5, 5.41) is 3.92. The molecule has 11 heteroatoms. The number of halogens is 2. The van der Waals surface area contributed by atoms with Gasteiger partial charge >= 0.3 is 0 Å². The molecular weight excluding hydrogens is 473 g/mol. The Morgan fingerprint density at radius 1 is 1.28 bits per heavy atom. The Kier molecular flexibility index (Phi) is 7.32. The van der Waals surface area contributed by atoms with Crippen LogP contribution in [0.5, 0.6) is 0 Å². The lowest BCUT2D eigenvalue weighted by molar-refractivity contribution is -0.113. The van der Waals surface area contributed by atoms with E-state index in [0.29, 0.717) is 27.7 Å². The van der Waals surface area contributed by atoms with Crippen molar-refractivity contribution >= 4 is 61.8 Å². The number of hydrogen-bond acceptors (Lipinski definition) is 7. The van der Waals surface area contributed by atoms with Gasteiger partial charge in [-0.1, -0.05) is 41.6 Å². The van der Waals surface area contributed by atoms with Gasteiger partial charge < -0.3 is 10.2 Å². The quantitative estimate of drug-likeness (QED) is 0.375. The topological polar surface area (TPSA) is 80.1 Å². The second kappa shape index (κ2) is 10.2. The summed E-state index contributed by atoms with van der Waals surface area (Å²) < 4.78 is 15.5. The van der Waals surface area contributed by atoms with Crippen molar-refractivity contribution in [1.29, 1.82) is 0 Å². The largest absolute Gasteiger partial charge is 0.348 e. The van der Waals surface area contributed by atoms with Crippen LogP contribution >= 0.6 is 34.7 Å². The molecule has 1 amide bonds. The van der Waals surface area contributed by atoms with Gasteiger partial charge in [0.05, 0.1) is 10.8 Å². The lowest BCUT2D eigenvalue weighted by atomic mass is 10.1. The number of carbonyl (C=O) groups is 1. The molecule has 3 heterocycles. The van der Waals surface area contributed by atoms with Crippen LogP contribution in [0, 0.1) is 5.82 Å². The van der Waals surface area contributed by atoms with E-state index in [-0.39, 0.29) is 22.2 Å². The average molecular weight is 496 g/mol. The highest BCUT2D eigenvalue weighted by molar-refractivity contribution is 7.99. The van der Waals surface area contributed by atoms with Crippen LogP contribution in [0.3, 0.4) is 0 Å². The van der Waals surface area contributed by atoms with Gasteiger partial charge in [0.1, 0.15) is 10.5 Å². The van der Waals surface area contributed by atoms with Gasteiger partial charge in [0.25, 0.3) is 5.56 Å². The maximum atomic E-state index is 13.3. The molecule has 0 radical (unpaired) electrons. The Morgan fingerprint density at radius 2 is 2.06 bits per heavy atom. The lowest BCUT2D eigenvalue weighted by Gasteiger charge is -2.25. The molecule has 0 aliphatic carbocycles. The Bertz CT molecular complexity index is 1190. The van der Waals surface area contributed by atoms with E-state index in [9.17, 15) is 14.0 Å². The van der Waals surface area contributed by atoms with Crippen LogP contribution in [0.1, 0.15) is 32.6 Å². The zero-order chi connectivity index (χ0) is 22.7. The first-order valence-electron chi connectivity index (χ1n) is 10.5. The minimum absolute atomic E-state index is 0.0414. The zero-order valence-corrected chi connectivity index (χ0v) is 20.0. The molecule has 0 saturated carbocycles. The van der Waals surface area contributed by atoms with E-state index in [0.717, 1.165) is 37.5 Å². The maximum absolute atomic E-state index is 13.3. The van der Waals surface area contributed by atoms with E-state index in [2.05, 4.69) is 20.2 Å². The second-order valence-electron chi connectivity index (χ2n) is 7.51. The summed E-state index contributed by atoms with van der Waals surface area (Å²) in [6, 6.07) is 3.99. The minimum atomic E-state index is -0.549. The summed E-state index contributed by atoms with van der Waals surface area (Å²) in [7, 11) is 0. The number of thioether (sulfide) groups is 1. The van der Waals surface area contributed by atoms with Gasteiger partial charge in [0.2, 0.25) is 5.91 Å². The highest BCUT2D eigenvalue weighted by atomic mass is 35.5. The first kappa shape index (κ1) is 23.0. The number of benzene rings is 1. The van der Waals surface area contributed by atoms with Gasteiger partial charge in [0, 0.05) is 25.3 Å². The molecule has 1 aromatic carbocycles. The fourth-order valence-electron chi connectivity index (χ4n) is 3.53. The molecular formula is C21H23ClFN5O2S2. The van der Waals surface area contributed by atoms with Gasteiger partial charge in [-0.25, -0.2) is 9.37 Å². The molecule has 0 atom stereocenters. The molecule has 3 aromatic rings. The third-order valence-corrected chi connectivity index (χ3v) is 7.44. The monoisotopic (exact) mass is 495 g/mol. The molecule has 7 nitrogen and oxygen atoms in total. The molecule has 4 rings (SSSR count). The zero-order valence-electron chi connectivity index (χ0n) is 17.6. The van der Waals surface area contributed by atoms with Gasteiger partial charge in [-0.15, -0.1) is 0 Å².